The van der Waals surface area contributed by atoms with Crippen LogP contribution in [0.5, 0.6) is 0 Å². The van der Waals surface area contributed by atoms with Crippen LogP contribution in [0, 0.1) is 11.8 Å². The van der Waals surface area contributed by atoms with Crippen molar-refractivity contribution in [2.24, 2.45) is 34.0 Å². The second kappa shape index (κ2) is 29.0. The number of primary amides is 1. The summed E-state index contributed by atoms with van der Waals surface area (Å²) in [5, 5.41) is 29.1. The molecule has 1 fully saturated rings. The molecule has 0 bridgehead atoms. The smallest absolute Gasteiger partial charge is 0.245 e. The van der Waals surface area contributed by atoms with E-state index in [1.54, 1.807) is 27.7 Å². The van der Waals surface area contributed by atoms with Crippen molar-refractivity contribution in [1.82, 2.24) is 42.1 Å². The standard InChI is InChI=1S/C42H76N12O10/c1-9-16-29(50-40(63)34(25(6)55)53-39(62)32(23(4)10-2)48-27(8)57)36(59)52-33(24(5)11-3)38(61)51-30(18-14-21-47-42(44)45)41(64)54-22-15-19-31(54)37(60)49-28(35(43)58)17-12-13-20-46-26(7)56/h23-25,28-34,55H,9-22H2,1-8H3,(H2,43,58)(H,46,56)(H,48,57)(H,49,60)(H,50,63)(H,51,61)(H,52,59)(H,53,62)(H4,44,45,47)/t23-,24-,25+,28+,29-,30-,31-,32+,33-,34-/m0/s1. The summed E-state index contributed by atoms with van der Waals surface area (Å²) in [4.78, 5) is 124. The number of carbonyl (C=O) groups is 9. The molecule has 22 nitrogen and oxygen atoms in total. The Labute approximate surface area is 376 Å². The van der Waals surface area contributed by atoms with Crippen LogP contribution in [0.15, 0.2) is 4.99 Å². The number of likely N-dealkylation sites (tertiary alicyclic amines) is 1. The van der Waals surface area contributed by atoms with E-state index in [2.05, 4.69) is 42.2 Å². The molecule has 14 N–H and O–H groups in total. The summed E-state index contributed by atoms with van der Waals surface area (Å²) in [6, 6.07) is -8.10. The number of hydrogen-bond acceptors (Lipinski definition) is 11. The van der Waals surface area contributed by atoms with Gasteiger partial charge in [0.05, 0.1) is 6.10 Å². The summed E-state index contributed by atoms with van der Waals surface area (Å²) in [6.07, 6.45) is 2.35. The van der Waals surface area contributed by atoms with Crippen molar-refractivity contribution < 1.29 is 48.3 Å². The molecule has 1 rings (SSSR count). The zero-order valence-electron chi connectivity index (χ0n) is 38.9. The first kappa shape index (κ1) is 56.5. The van der Waals surface area contributed by atoms with E-state index in [0.29, 0.717) is 45.1 Å². The molecule has 0 unspecified atom stereocenters. The molecule has 1 aliphatic heterocycles. The van der Waals surface area contributed by atoms with Gasteiger partial charge in [-0.25, -0.2) is 0 Å². The van der Waals surface area contributed by atoms with Crippen molar-refractivity contribution in [2.45, 2.75) is 174 Å². The number of rotatable bonds is 29. The molecule has 1 aliphatic rings. The molecule has 9 amide bonds. The number of nitrogens with one attached hydrogen (secondary N) is 7. The molecule has 1 saturated heterocycles. The second-order valence-corrected chi connectivity index (χ2v) is 16.7. The Kier molecular flexibility index (Phi) is 25.6. The molecule has 10 atom stereocenters. The van der Waals surface area contributed by atoms with Gasteiger partial charge in [0.2, 0.25) is 53.2 Å². The summed E-state index contributed by atoms with van der Waals surface area (Å²) in [5.74, 6) is -6.52. The molecule has 1 heterocycles. The average Bonchev–Trinajstić information content (AvgIpc) is 3.73. The Morgan fingerprint density at radius 1 is 0.656 bits per heavy atom. The molecule has 0 aromatic carbocycles. The maximum absolute atomic E-state index is 14.3. The number of unbranched alkanes of at least 4 members (excludes halogenated alkanes) is 1. The lowest BCUT2D eigenvalue weighted by molar-refractivity contribution is -0.142. The first-order chi connectivity index (χ1) is 30.1. The SMILES string of the molecule is CCC[C@H](NC(=O)[C@@H](NC(=O)[C@H](NC(C)=O)[C@@H](C)CC)[C@@H](C)O)C(=O)N[C@H](C(=O)N[C@@H](CCCN=C(N)N)C(=O)N1CCC[C@H]1C(=O)N[C@H](CCCCNC(C)=O)C(N)=O)[C@@H](C)CC. The van der Waals surface area contributed by atoms with Crippen molar-refractivity contribution in [2.75, 3.05) is 19.6 Å². The molecule has 64 heavy (non-hydrogen) atoms. The first-order valence-corrected chi connectivity index (χ1v) is 22.5. The lowest BCUT2D eigenvalue weighted by atomic mass is 9.96. The van der Waals surface area contributed by atoms with Crippen LogP contribution < -0.4 is 54.4 Å². The molecule has 0 aliphatic carbocycles. The highest BCUT2D eigenvalue weighted by Gasteiger charge is 2.40. The van der Waals surface area contributed by atoms with E-state index in [4.69, 9.17) is 17.2 Å². The highest BCUT2D eigenvalue weighted by atomic mass is 16.3. The summed E-state index contributed by atoms with van der Waals surface area (Å²) in [6.45, 7) is 13.5. The third kappa shape index (κ3) is 19.5. The van der Waals surface area contributed by atoms with Gasteiger partial charge in [0, 0.05) is 33.5 Å². The predicted octanol–water partition coefficient (Wildman–Crippen LogP) is -1.98. The minimum atomic E-state index is -1.50. The maximum atomic E-state index is 14.3. The molecule has 0 saturated carbocycles. The van der Waals surface area contributed by atoms with Crippen molar-refractivity contribution in [3.8, 4) is 0 Å². The van der Waals surface area contributed by atoms with Crippen LogP contribution in [0.3, 0.4) is 0 Å². The Morgan fingerprint density at radius 2 is 1.20 bits per heavy atom. The topological polar surface area (TPSA) is 352 Å². The van der Waals surface area contributed by atoms with Crippen LogP contribution in [0.1, 0.15) is 126 Å². The van der Waals surface area contributed by atoms with Crippen molar-refractivity contribution in [1.29, 1.82) is 0 Å². The molecule has 22 heteroatoms. The third-order valence-electron chi connectivity index (χ3n) is 11.3. The third-order valence-corrected chi connectivity index (χ3v) is 11.3. The fraction of sp³-hybridized carbons (Fsp3) is 0.762. The number of nitrogens with zero attached hydrogens (tertiary/aromatic N) is 2. The van der Waals surface area contributed by atoms with Gasteiger partial charge in [0.25, 0.3) is 0 Å². The number of nitrogens with two attached hydrogens (primary N) is 3. The van der Waals surface area contributed by atoms with Crippen molar-refractivity contribution in [3.63, 3.8) is 0 Å². The predicted molar refractivity (Wildman–Crippen MR) is 239 cm³/mol. The first-order valence-electron chi connectivity index (χ1n) is 22.5. The van der Waals surface area contributed by atoms with Crippen LogP contribution in [0.25, 0.3) is 0 Å². The maximum Gasteiger partial charge on any atom is 0.245 e. The highest BCUT2D eigenvalue weighted by Crippen LogP contribution is 2.21. The van der Waals surface area contributed by atoms with E-state index < -0.39 is 102 Å². The summed E-state index contributed by atoms with van der Waals surface area (Å²) < 4.78 is 0. The second-order valence-electron chi connectivity index (χ2n) is 16.7. The van der Waals surface area contributed by atoms with Crippen LogP contribution in [0.4, 0.5) is 0 Å². The van der Waals surface area contributed by atoms with Gasteiger partial charge in [-0.05, 0) is 70.1 Å². The van der Waals surface area contributed by atoms with E-state index in [0.717, 1.165) is 0 Å². The molecule has 364 valence electrons. The molecule has 0 spiro atoms. The van der Waals surface area contributed by atoms with E-state index in [9.17, 15) is 48.3 Å². The summed E-state index contributed by atoms with van der Waals surface area (Å²) in [5.41, 5.74) is 16.6. The van der Waals surface area contributed by atoms with Gasteiger partial charge in [-0.2, -0.15) is 0 Å². The van der Waals surface area contributed by atoms with Gasteiger partial charge in [-0.3, -0.25) is 48.1 Å². The average molecular weight is 909 g/mol. The minimum absolute atomic E-state index is 0.0480. The van der Waals surface area contributed by atoms with E-state index in [-0.39, 0.29) is 63.0 Å². The fourth-order valence-corrected chi connectivity index (χ4v) is 7.16. The van der Waals surface area contributed by atoms with E-state index >= 15 is 0 Å². The summed E-state index contributed by atoms with van der Waals surface area (Å²) >= 11 is 0. The summed E-state index contributed by atoms with van der Waals surface area (Å²) in [7, 11) is 0. The Morgan fingerprint density at radius 3 is 1.73 bits per heavy atom. The van der Waals surface area contributed by atoms with Crippen LogP contribution in [-0.2, 0) is 43.2 Å². The van der Waals surface area contributed by atoms with Crippen molar-refractivity contribution >= 4 is 59.1 Å². The van der Waals surface area contributed by atoms with Gasteiger partial charge in [-0.1, -0.05) is 53.9 Å². The Hall–Kier alpha value is -5.54. The Bertz CT molecular complexity index is 1620. The largest absolute Gasteiger partial charge is 0.391 e. The van der Waals surface area contributed by atoms with E-state index in [1.807, 2.05) is 6.92 Å². The van der Waals surface area contributed by atoms with Gasteiger partial charge in [0.1, 0.15) is 42.3 Å². The fourth-order valence-electron chi connectivity index (χ4n) is 7.16. The number of carbonyl (C=O) groups excluding carboxylic acids is 9. The molecule has 0 aromatic rings. The van der Waals surface area contributed by atoms with Gasteiger partial charge in [-0.15, -0.1) is 0 Å². The van der Waals surface area contributed by atoms with Gasteiger partial charge < -0.3 is 64.4 Å². The molecular weight excluding hydrogens is 833 g/mol. The highest BCUT2D eigenvalue weighted by molar-refractivity contribution is 5.98. The number of amides is 9. The quantitative estimate of drug-likeness (QED) is 0.0221. The zero-order valence-corrected chi connectivity index (χ0v) is 38.9. The normalized spacial score (nSPS) is 17.6. The van der Waals surface area contributed by atoms with Crippen molar-refractivity contribution in [3.05, 3.63) is 0 Å². The Balaban J connectivity index is 3.34. The number of aliphatic hydroxyl groups excluding tert-OH is 1. The number of aliphatic imine (C=N–C) groups is 1. The minimum Gasteiger partial charge on any atom is -0.391 e. The molecule has 0 radical (unpaired) electrons. The number of hydrogen-bond donors (Lipinski definition) is 11. The molecular formula is C42H76N12O10. The van der Waals surface area contributed by atoms with Gasteiger partial charge in [0.15, 0.2) is 5.96 Å². The van der Waals surface area contributed by atoms with Crippen LogP contribution >= 0.6 is 0 Å². The molecule has 0 aromatic heterocycles. The lowest BCUT2D eigenvalue weighted by Crippen LogP contribution is -2.62. The zero-order chi connectivity index (χ0) is 48.7. The number of aliphatic hydroxyl groups is 1. The monoisotopic (exact) mass is 909 g/mol. The van der Waals surface area contributed by atoms with Crippen LogP contribution in [0.2, 0.25) is 0 Å². The van der Waals surface area contributed by atoms with E-state index in [1.165, 1.54) is 25.7 Å². The number of guanidine groups is 1. The van der Waals surface area contributed by atoms with Crippen LogP contribution in [-0.4, -0.2) is 137 Å². The van der Waals surface area contributed by atoms with Gasteiger partial charge >= 0.3 is 0 Å². The lowest BCUT2D eigenvalue weighted by Gasteiger charge is -2.32.